The second-order valence-electron chi connectivity index (χ2n) is 4.01. The second kappa shape index (κ2) is 5.45. The summed E-state index contributed by atoms with van der Waals surface area (Å²) in [4.78, 5) is 0. The van der Waals surface area contributed by atoms with Crippen LogP contribution < -0.4 is 15.2 Å². The molecular formula is C15H17NO2. The number of nitrogen functional groups attached to an aromatic ring is 1. The molecule has 0 atom stereocenters. The molecule has 2 aromatic carbocycles. The van der Waals surface area contributed by atoms with Crippen LogP contribution >= 0.6 is 0 Å². The predicted molar refractivity (Wildman–Crippen MR) is 73.3 cm³/mol. The van der Waals surface area contributed by atoms with Crippen LogP contribution in [0.4, 0.5) is 5.69 Å². The van der Waals surface area contributed by atoms with Crippen LogP contribution in [0.2, 0.25) is 0 Å². The first-order valence-corrected chi connectivity index (χ1v) is 5.93. The van der Waals surface area contributed by atoms with Crippen LogP contribution in [-0.4, -0.2) is 7.11 Å². The third kappa shape index (κ3) is 2.74. The van der Waals surface area contributed by atoms with Crippen molar-refractivity contribution in [1.29, 1.82) is 0 Å². The van der Waals surface area contributed by atoms with Crippen molar-refractivity contribution >= 4 is 5.69 Å². The van der Waals surface area contributed by atoms with Crippen LogP contribution in [0.15, 0.2) is 42.5 Å². The van der Waals surface area contributed by atoms with Gasteiger partial charge in [-0.1, -0.05) is 19.1 Å². The summed E-state index contributed by atoms with van der Waals surface area (Å²) < 4.78 is 11.0. The molecule has 0 amide bonds. The second-order valence-corrected chi connectivity index (χ2v) is 4.01. The van der Waals surface area contributed by atoms with Crippen LogP contribution in [0.3, 0.4) is 0 Å². The first-order chi connectivity index (χ1) is 8.72. The number of methoxy groups -OCH3 is 1. The van der Waals surface area contributed by atoms with Gasteiger partial charge >= 0.3 is 0 Å². The maximum Gasteiger partial charge on any atom is 0.169 e. The van der Waals surface area contributed by atoms with Crippen molar-refractivity contribution in [2.24, 2.45) is 0 Å². The lowest BCUT2D eigenvalue weighted by molar-refractivity contribution is 0.379. The predicted octanol–water partition coefficient (Wildman–Crippen LogP) is 3.63. The van der Waals surface area contributed by atoms with Crippen LogP contribution in [0.5, 0.6) is 17.2 Å². The van der Waals surface area contributed by atoms with E-state index in [1.807, 2.05) is 18.2 Å². The molecule has 0 spiro atoms. The topological polar surface area (TPSA) is 44.5 Å². The highest BCUT2D eigenvalue weighted by Crippen LogP contribution is 2.33. The average Bonchev–Trinajstić information content (AvgIpc) is 2.41. The number of aryl methyl sites for hydroxylation is 1. The smallest absolute Gasteiger partial charge is 0.169 e. The highest BCUT2D eigenvalue weighted by molar-refractivity contribution is 5.53. The van der Waals surface area contributed by atoms with Crippen LogP contribution in [0.1, 0.15) is 12.5 Å². The Morgan fingerprint density at radius 1 is 1.00 bits per heavy atom. The van der Waals surface area contributed by atoms with E-state index in [0.29, 0.717) is 17.2 Å². The Labute approximate surface area is 107 Å². The maximum absolute atomic E-state index is 5.77. The van der Waals surface area contributed by atoms with Gasteiger partial charge in [0.1, 0.15) is 5.75 Å². The molecule has 0 unspecified atom stereocenters. The lowest BCUT2D eigenvalue weighted by Crippen LogP contribution is -1.93. The molecule has 94 valence electrons. The molecule has 0 radical (unpaired) electrons. The van der Waals surface area contributed by atoms with Crippen molar-refractivity contribution in [1.82, 2.24) is 0 Å². The van der Waals surface area contributed by atoms with E-state index in [1.165, 1.54) is 5.56 Å². The Hall–Kier alpha value is -2.16. The number of anilines is 1. The number of rotatable bonds is 4. The van der Waals surface area contributed by atoms with Gasteiger partial charge in [-0.2, -0.15) is 0 Å². The first kappa shape index (κ1) is 12.3. The summed E-state index contributed by atoms with van der Waals surface area (Å²) in [5.74, 6) is 2.08. The van der Waals surface area contributed by atoms with E-state index in [1.54, 1.807) is 19.2 Å². The minimum atomic E-state index is 0.634. The van der Waals surface area contributed by atoms with E-state index in [0.717, 1.165) is 12.2 Å². The molecular weight excluding hydrogens is 226 g/mol. The highest BCUT2D eigenvalue weighted by Gasteiger charge is 2.05. The summed E-state index contributed by atoms with van der Waals surface area (Å²) in [7, 11) is 1.60. The molecule has 3 nitrogen and oxygen atoms in total. The van der Waals surface area contributed by atoms with Crippen LogP contribution in [0.25, 0.3) is 0 Å². The number of hydrogen-bond acceptors (Lipinski definition) is 3. The number of nitrogens with two attached hydrogens (primary N) is 1. The van der Waals surface area contributed by atoms with Crippen molar-refractivity contribution < 1.29 is 9.47 Å². The Kier molecular flexibility index (Phi) is 3.72. The van der Waals surface area contributed by atoms with Crippen LogP contribution in [0, 0.1) is 0 Å². The van der Waals surface area contributed by atoms with Gasteiger partial charge in [0.2, 0.25) is 0 Å². The van der Waals surface area contributed by atoms with E-state index in [2.05, 4.69) is 19.1 Å². The zero-order valence-electron chi connectivity index (χ0n) is 10.6. The molecule has 0 saturated heterocycles. The molecule has 0 aliphatic rings. The summed E-state index contributed by atoms with van der Waals surface area (Å²) >= 11 is 0. The number of ether oxygens (including phenoxy) is 2. The summed E-state index contributed by atoms with van der Waals surface area (Å²) in [6.07, 6.45) is 1.02. The molecule has 0 aliphatic heterocycles. The molecule has 2 aromatic rings. The van der Waals surface area contributed by atoms with E-state index >= 15 is 0 Å². The van der Waals surface area contributed by atoms with Gasteiger partial charge in [-0.3, -0.25) is 0 Å². The summed E-state index contributed by atoms with van der Waals surface area (Å²) in [5, 5.41) is 0. The van der Waals surface area contributed by atoms with E-state index in [9.17, 15) is 0 Å². The lowest BCUT2D eigenvalue weighted by atomic mass is 10.2. The van der Waals surface area contributed by atoms with Crippen LogP contribution in [-0.2, 0) is 6.42 Å². The molecule has 0 saturated carbocycles. The maximum atomic E-state index is 5.77. The van der Waals surface area contributed by atoms with Crippen molar-refractivity contribution in [3.05, 3.63) is 48.0 Å². The van der Waals surface area contributed by atoms with Gasteiger partial charge < -0.3 is 15.2 Å². The molecule has 2 rings (SSSR count). The van der Waals surface area contributed by atoms with Gasteiger partial charge in [0.05, 0.1) is 7.11 Å². The largest absolute Gasteiger partial charge is 0.493 e. The first-order valence-electron chi connectivity index (χ1n) is 5.93. The molecule has 0 heterocycles. The third-order valence-electron chi connectivity index (χ3n) is 2.75. The number of hydrogen-bond donors (Lipinski definition) is 1. The quantitative estimate of drug-likeness (QED) is 0.834. The summed E-state index contributed by atoms with van der Waals surface area (Å²) in [6.45, 7) is 2.12. The fourth-order valence-corrected chi connectivity index (χ4v) is 1.69. The zero-order chi connectivity index (χ0) is 13.0. The van der Waals surface area contributed by atoms with Gasteiger partial charge in [-0.15, -0.1) is 0 Å². The van der Waals surface area contributed by atoms with Crippen molar-refractivity contribution in [2.75, 3.05) is 12.8 Å². The van der Waals surface area contributed by atoms with Gasteiger partial charge in [-0.25, -0.2) is 0 Å². The Balaban J connectivity index is 2.22. The van der Waals surface area contributed by atoms with Crippen molar-refractivity contribution in [3.63, 3.8) is 0 Å². The molecule has 0 aliphatic carbocycles. The molecule has 0 fully saturated rings. The minimum absolute atomic E-state index is 0.634. The third-order valence-corrected chi connectivity index (χ3v) is 2.75. The molecule has 3 heteroatoms. The molecule has 0 aromatic heterocycles. The molecule has 18 heavy (non-hydrogen) atoms. The molecule has 0 bridgehead atoms. The van der Waals surface area contributed by atoms with Gasteiger partial charge in [-0.05, 0) is 36.2 Å². The summed E-state index contributed by atoms with van der Waals surface area (Å²) in [5.41, 5.74) is 7.64. The Morgan fingerprint density at radius 3 is 2.33 bits per heavy atom. The number of benzene rings is 2. The lowest BCUT2D eigenvalue weighted by Gasteiger charge is -2.11. The summed E-state index contributed by atoms with van der Waals surface area (Å²) in [6, 6.07) is 13.4. The van der Waals surface area contributed by atoms with E-state index in [4.69, 9.17) is 15.2 Å². The van der Waals surface area contributed by atoms with Gasteiger partial charge in [0.15, 0.2) is 11.5 Å². The highest BCUT2D eigenvalue weighted by atomic mass is 16.5. The van der Waals surface area contributed by atoms with E-state index < -0.39 is 0 Å². The average molecular weight is 243 g/mol. The van der Waals surface area contributed by atoms with Gasteiger partial charge in [0.25, 0.3) is 0 Å². The fourth-order valence-electron chi connectivity index (χ4n) is 1.69. The standard InChI is InChI=1S/C15H17NO2/c1-3-11-4-7-13(8-5-11)18-14-9-6-12(16)10-15(14)17-2/h4-10H,3,16H2,1-2H3. The van der Waals surface area contributed by atoms with Crippen molar-refractivity contribution in [3.8, 4) is 17.2 Å². The molecule has 2 N–H and O–H groups in total. The Morgan fingerprint density at radius 2 is 1.72 bits per heavy atom. The van der Waals surface area contributed by atoms with Gasteiger partial charge in [0, 0.05) is 11.8 Å². The SMILES string of the molecule is CCc1ccc(Oc2ccc(N)cc2OC)cc1. The van der Waals surface area contributed by atoms with Crippen molar-refractivity contribution in [2.45, 2.75) is 13.3 Å². The fraction of sp³-hybridized carbons (Fsp3) is 0.200. The minimum Gasteiger partial charge on any atom is -0.493 e. The zero-order valence-corrected chi connectivity index (χ0v) is 10.6. The monoisotopic (exact) mass is 243 g/mol. The van der Waals surface area contributed by atoms with E-state index in [-0.39, 0.29) is 0 Å². The normalized spacial score (nSPS) is 10.1. The Bertz CT molecular complexity index is 521.